The molecule has 9 rings (SSSR count). The normalized spacial score (nSPS) is 9.87. The number of pyridine rings is 6. The van der Waals surface area contributed by atoms with Crippen molar-refractivity contribution >= 4 is 97.3 Å². The van der Waals surface area contributed by atoms with Crippen molar-refractivity contribution in [3.63, 3.8) is 0 Å². The first-order chi connectivity index (χ1) is 25.6. The summed E-state index contributed by atoms with van der Waals surface area (Å²) in [5, 5.41) is 6.55. The maximum atomic E-state index is 5.35. The highest BCUT2D eigenvalue weighted by molar-refractivity contribution is 9.10. The number of terminal acetylenes is 2. The molecule has 6 aromatic heterocycles. The summed E-state index contributed by atoms with van der Waals surface area (Å²) in [7, 11) is 0. The first kappa shape index (κ1) is 37.0. The number of nitrogens with zero attached hydrogens (tertiary/aromatic N) is 6. The van der Waals surface area contributed by atoms with Gasteiger partial charge in [-0.3, -0.25) is 29.9 Å². The fourth-order valence-corrected chi connectivity index (χ4v) is 5.82. The lowest BCUT2D eigenvalue weighted by atomic mass is 10.1. The number of alkyl halides is 1. The first-order valence-corrected chi connectivity index (χ1v) is 18.2. The van der Waals surface area contributed by atoms with Crippen LogP contribution < -0.4 is 0 Å². The molecule has 0 aliphatic carbocycles. The summed E-state index contributed by atoms with van der Waals surface area (Å²) in [4.78, 5) is 26.3. The Labute approximate surface area is 319 Å². The van der Waals surface area contributed by atoms with E-state index in [9.17, 15) is 0 Å². The summed E-state index contributed by atoms with van der Waals surface area (Å²) in [5.74, 6) is 10.3. The molecule has 6 heterocycles. The standard InChI is InChI=1S/C15H10N2.C14H8N2.C12H7BrN2.C2H2.CH3Br/c1-2-4-11-9-13-7-6-12-5-3-8-16-14(12)15(13)17-10-11;1-2-10-8-12-6-5-11-4-3-7-15-13(11)14(12)16-9-10;13-10-6-9-4-3-8-2-1-5-14-11(8)12(9)15-7-10;2*1-2/h3,5-10H,1H3;1,3-9H;1-7H;1-2H;1H3. The van der Waals surface area contributed by atoms with E-state index in [1.54, 1.807) is 37.2 Å². The zero-order valence-electron chi connectivity index (χ0n) is 28.3. The van der Waals surface area contributed by atoms with Gasteiger partial charge in [0.1, 0.15) is 0 Å². The molecule has 8 heteroatoms. The monoisotopic (exact) mass is 800 g/mol. The smallest absolute Gasteiger partial charge is 0.0965 e. The molecule has 9 aromatic rings. The molecule has 0 fully saturated rings. The van der Waals surface area contributed by atoms with Crippen molar-refractivity contribution in [2.45, 2.75) is 6.92 Å². The Morgan fingerprint density at radius 1 is 0.481 bits per heavy atom. The lowest BCUT2D eigenvalue weighted by Gasteiger charge is -2.02. The quantitative estimate of drug-likeness (QED) is 0.0863. The van der Waals surface area contributed by atoms with Crippen molar-refractivity contribution in [2.24, 2.45) is 0 Å². The fraction of sp³-hybridized carbons (Fsp3) is 0.0455. The Morgan fingerprint density at radius 2 is 0.846 bits per heavy atom. The highest BCUT2D eigenvalue weighted by atomic mass is 79.9. The van der Waals surface area contributed by atoms with Gasteiger partial charge in [0.05, 0.1) is 33.1 Å². The van der Waals surface area contributed by atoms with E-state index in [1.807, 2.05) is 73.4 Å². The van der Waals surface area contributed by atoms with Gasteiger partial charge in [-0.15, -0.1) is 25.2 Å². The Balaban J connectivity index is 0.000000144. The molecular weight excluding hydrogens is 772 g/mol. The Hall–Kier alpha value is -6.24. The predicted molar refractivity (Wildman–Crippen MR) is 224 cm³/mol. The lowest BCUT2D eigenvalue weighted by molar-refractivity contribution is 1.36. The summed E-state index contributed by atoms with van der Waals surface area (Å²) < 4.78 is 0.991. The van der Waals surface area contributed by atoms with Gasteiger partial charge < -0.3 is 0 Å². The van der Waals surface area contributed by atoms with Gasteiger partial charge in [0.25, 0.3) is 0 Å². The maximum Gasteiger partial charge on any atom is 0.0965 e. The van der Waals surface area contributed by atoms with Crippen LogP contribution in [0.25, 0.3) is 65.4 Å². The Morgan fingerprint density at radius 3 is 1.29 bits per heavy atom. The average molecular weight is 803 g/mol. The molecule has 0 bridgehead atoms. The molecular formula is C44H30Br2N6. The van der Waals surface area contributed by atoms with Gasteiger partial charge in [-0.25, -0.2) is 0 Å². The molecule has 0 aliphatic rings. The van der Waals surface area contributed by atoms with Crippen LogP contribution in [0.4, 0.5) is 0 Å². The predicted octanol–water partition coefficient (Wildman–Crippen LogP) is 10.7. The van der Waals surface area contributed by atoms with Crippen molar-refractivity contribution in [3.05, 3.63) is 144 Å². The Kier molecular flexibility index (Phi) is 12.9. The van der Waals surface area contributed by atoms with Gasteiger partial charge in [0.2, 0.25) is 0 Å². The molecule has 0 N–H and O–H groups in total. The fourth-order valence-electron chi connectivity index (χ4n) is 5.47. The van der Waals surface area contributed by atoms with Crippen molar-refractivity contribution in [1.82, 2.24) is 29.9 Å². The number of hydrogen-bond donors (Lipinski definition) is 0. The summed E-state index contributed by atoms with van der Waals surface area (Å²) in [6, 6.07) is 30.3. The van der Waals surface area contributed by atoms with E-state index in [4.69, 9.17) is 6.42 Å². The van der Waals surface area contributed by atoms with E-state index >= 15 is 0 Å². The summed E-state index contributed by atoms with van der Waals surface area (Å²) in [5.41, 5.74) is 7.35. The number of hydrogen-bond acceptors (Lipinski definition) is 6. The second kappa shape index (κ2) is 18.1. The third kappa shape index (κ3) is 8.37. The SMILES string of the molecule is Brc1cnc2c(ccc3cccnc32)c1.C#C.C#Cc1cnc2c(ccc3cccnc32)c1.CBr.CC#Cc1cnc2c(ccc3cccnc32)c1. The number of benzene rings is 3. The molecule has 250 valence electrons. The lowest BCUT2D eigenvalue weighted by Crippen LogP contribution is -1.86. The van der Waals surface area contributed by atoms with Crippen LogP contribution in [-0.4, -0.2) is 35.7 Å². The summed E-state index contributed by atoms with van der Waals surface area (Å²) in [6.07, 6.45) is 24.0. The number of halogens is 2. The van der Waals surface area contributed by atoms with Crippen molar-refractivity contribution in [1.29, 1.82) is 0 Å². The second-order valence-corrected chi connectivity index (χ2v) is 11.7. The van der Waals surface area contributed by atoms with Gasteiger partial charge in [-0.2, -0.15) is 0 Å². The van der Waals surface area contributed by atoms with Crippen molar-refractivity contribution in [3.8, 4) is 37.0 Å². The topological polar surface area (TPSA) is 77.3 Å². The van der Waals surface area contributed by atoms with E-state index in [1.165, 1.54) is 0 Å². The molecule has 0 atom stereocenters. The Bertz CT molecular complexity index is 2800. The van der Waals surface area contributed by atoms with Gasteiger partial charge in [-0.1, -0.05) is 82.4 Å². The van der Waals surface area contributed by atoms with Gasteiger partial charge in [0, 0.05) is 85.1 Å². The molecule has 6 nitrogen and oxygen atoms in total. The molecule has 0 spiro atoms. The van der Waals surface area contributed by atoms with Gasteiger partial charge >= 0.3 is 0 Å². The van der Waals surface area contributed by atoms with Crippen LogP contribution in [0.2, 0.25) is 0 Å². The molecule has 52 heavy (non-hydrogen) atoms. The number of aromatic nitrogens is 6. The first-order valence-electron chi connectivity index (χ1n) is 15.8. The molecule has 0 unspecified atom stereocenters. The molecule has 0 aliphatic heterocycles. The zero-order chi connectivity index (χ0) is 36.9. The van der Waals surface area contributed by atoms with Gasteiger partial charge in [0.15, 0.2) is 0 Å². The second-order valence-electron chi connectivity index (χ2n) is 10.8. The third-order valence-electron chi connectivity index (χ3n) is 7.67. The van der Waals surface area contributed by atoms with Crippen LogP contribution in [0.1, 0.15) is 18.1 Å². The van der Waals surface area contributed by atoms with E-state index in [0.717, 1.165) is 81.0 Å². The number of rotatable bonds is 0. The average Bonchev–Trinajstić information content (AvgIpc) is 3.22. The zero-order valence-corrected chi connectivity index (χ0v) is 31.5. The maximum absolute atomic E-state index is 5.35. The minimum Gasteiger partial charge on any atom is -0.254 e. The number of fused-ring (bicyclic) bond motifs is 9. The van der Waals surface area contributed by atoms with E-state index in [0.29, 0.717) is 0 Å². The molecule has 0 saturated heterocycles. The van der Waals surface area contributed by atoms with Gasteiger partial charge in [-0.05, 0) is 65.1 Å². The van der Waals surface area contributed by atoms with Crippen LogP contribution >= 0.6 is 31.9 Å². The molecule has 0 saturated carbocycles. The van der Waals surface area contributed by atoms with E-state index < -0.39 is 0 Å². The summed E-state index contributed by atoms with van der Waals surface area (Å²) in [6.45, 7) is 1.83. The van der Waals surface area contributed by atoms with E-state index in [2.05, 4.69) is 123 Å². The van der Waals surface area contributed by atoms with Crippen LogP contribution in [-0.2, 0) is 0 Å². The highest BCUT2D eigenvalue weighted by Gasteiger charge is 2.05. The van der Waals surface area contributed by atoms with Crippen LogP contribution in [0, 0.1) is 37.0 Å². The van der Waals surface area contributed by atoms with Crippen molar-refractivity contribution in [2.75, 3.05) is 5.83 Å². The minimum absolute atomic E-state index is 0.794. The van der Waals surface area contributed by atoms with Crippen LogP contribution in [0.3, 0.4) is 0 Å². The van der Waals surface area contributed by atoms with Crippen LogP contribution in [0.5, 0.6) is 0 Å². The third-order valence-corrected chi connectivity index (χ3v) is 8.10. The highest BCUT2D eigenvalue weighted by Crippen LogP contribution is 2.25. The van der Waals surface area contributed by atoms with E-state index in [-0.39, 0.29) is 0 Å². The van der Waals surface area contributed by atoms with Crippen molar-refractivity contribution < 1.29 is 0 Å². The molecule has 0 radical (unpaired) electrons. The largest absolute Gasteiger partial charge is 0.254 e. The summed E-state index contributed by atoms with van der Waals surface area (Å²) >= 11 is 6.35. The molecule has 3 aromatic carbocycles. The van der Waals surface area contributed by atoms with Crippen LogP contribution in [0.15, 0.2) is 133 Å². The molecule has 0 amide bonds. The minimum atomic E-state index is 0.794.